The molecule has 0 saturated carbocycles. The molecule has 0 aliphatic heterocycles. The molecule has 1 aromatic rings. The number of hydrogen-bond acceptors (Lipinski definition) is 4. The lowest BCUT2D eigenvalue weighted by Gasteiger charge is -2.05. The van der Waals surface area contributed by atoms with Gasteiger partial charge in [0.25, 0.3) is 11.2 Å². The fourth-order valence-electron chi connectivity index (χ4n) is 1.28. The predicted octanol–water partition coefficient (Wildman–Crippen LogP) is 0.414. The summed E-state index contributed by atoms with van der Waals surface area (Å²) >= 11 is 0. The normalized spacial score (nSPS) is 10.3. The maximum Gasteiger partial charge on any atom is 0.288 e. The van der Waals surface area contributed by atoms with Gasteiger partial charge in [-0.1, -0.05) is 0 Å². The van der Waals surface area contributed by atoms with E-state index in [1.54, 1.807) is 6.92 Å². The van der Waals surface area contributed by atoms with Crippen molar-refractivity contribution >= 4 is 5.69 Å². The first-order valence-electron chi connectivity index (χ1n) is 4.62. The monoisotopic (exact) mass is 211 g/mol. The third kappa shape index (κ3) is 2.63. The summed E-state index contributed by atoms with van der Waals surface area (Å²) in [7, 11) is 0. The van der Waals surface area contributed by atoms with Gasteiger partial charge in [0.2, 0.25) is 0 Å². The van der Waals surface area contributed by atoms with Crippen LogP contribution in [0, 0.1) is 17.0 Å². The number of nitro groups is 1. The second-order valence-electron chi connectivity index (χ2n) is 3.27. The summed E-state index contributed by atoms with van der Waals surface area (Å²) in [5.74, 6) is 0. The van der Waals surface area contributed by atoms with E-state index in [1.165, 1.54) is 16.8 Å². The van der Waals surface area contributed by atoms with Crippen LogP contribution in [0.4, 0.5) is 5.69 Å². The topological polar surface area (TPSA) is 91.2 Å². The smallest absolute Gasteiger partial charge is 0.288 e. The number of rotatable bonds is 4. The van der Waals surface area contributed by atoms with Crippen LogP contribution in [0.15, 0.2) is 17.1 Å². The standard InChI is InChI=1S/C9H13N3O3/c1-7-5-9(13)11(4-2-3-10)6-8(7)12(14)15/h5-6H,2-4,10H2,1H3. The minimum atomic E-state index is -0.492. The molecule has 0 saturated heterocycles. The van der Waals surface area contributed by atoms with E-state index in [9.17, 15) is 14.9 Å². The molecule has 0 aliphatic carbocycles. The van der Waals surface area contributed by atoms with Crippen LogP contribution < -0.4 is 11.3 Å². The average Bonchev–Trinajstić information content (AvgIpc) is 2.16. The molecule has 0 aliphatic rings. The first kappa shape index (κ1) is 11.4. The zero-order valence-electron chi connectivity index (χ0n) is 8.47. The Hall–Kier alpha value is -1.69. The van der Waals surface area contributed by atoms with Gasteiger partial charge in [0.1, 0.15) is 0 Å². The maximum absolute atomic E-state index is 11.4. The summed E-state index contributed by atoms with van der Waals surface area (Å²) < 4.78 is 1.32. The molecule has 15 heavy (non-hydrogen) atoms. The van der Waals surface area contributed by atoms with E-state index < -0.39 is 4.92 Å². The zero-order chi connectivity index (χ0) is 11.4. The SMILES string of the molecule is Cc1cc(=O)n(CCCN)cc1[N+](=O)[O-]. The molecule has 0 fully saturated rings. The molecule has 0 amide bonds. The van der Waals surface area contributed by atoms with E-state index in [0.29, 0.717) is 25.1 Å². The number of nitrogens with two attached hydrogens (primary N) is 1. The number of pyridine rings is 1. The van der Waals surface area contributed by atoms with Crippen molar-refractivity contribution in [2.45, 2.75) is 19.9 Å². The van der Waals surface area contributed by atoms with Gasteiger partial charge in [-0.15, -0.1) is 0 Å². The van der Waals surface area contributed by atoms with Crippen molar-refractivity contribution in [3.8, 4) is 0 Å². The fraction of sp³-hybridized carbons (Fsp3) is 0.444. The molecule has 0 unspecified atom stereocenters. The molecule has 1 aromatic heterocycles. The molecule has 6 heteroatoms. The Morgan fingerprint density at radius 2 is 2.27 bits per heavy atom. The molecule has 0 aromatic carbocycles. The van der Waals surface area contributed by atoms with Crippen molar-refractivity contribution in [3.05, 3.63) is 38.3 Å². The number of aromatic nitrogens is 1. The van der Waals surface area contributed by atoms with E-state index in [0.717, 1.165) is 0 Å². The minimum absolute atomic E-state index is 0.0355. The Morgan fingerprint density at radius 3 is 2.80 bits per heavy atom. The second-order valence-corrected chi connectivity index (χ2v) is 3.27. The summed E-state index contributed by atoms with van der Waals surface area (Å²) in [6, 6.07) is 1.27. The van der Waals surface area contributed by atoms with Gasteiger partial charge in [-0.05, 0) is 19.9 Å². The molecule has 6 nitrogen and oxygen atoms in total. The van der Waals surface area contributed by atoms with E-state index >= 15 is 0 Å². The fourth-order valence-corrected chi connectivity index (χ4v) is 1.28. The van der Waals surface area contributed by atoms with Crippen molar-refractivity contribution in [2.75, 3.05) is 6.54 Å². The predicted molar refractivity (Wildman–Crippen MR) is 55.8 cm³/mol. The first-order valence-corrected chi connectivity index (χ1v) is 4.62. The highest BCUT2D eigenvalue weighted by atomic mass is 16.6. The Kier molecular flexibility index (Phi) is 3.56. The van der Waals surface area contributed by atoms with Crippen LogP contribution in [-0.2, 0) is 6.54 Å². The van der Waals surface area contributed by atoms with Crippen LogP contribution in [0.3, 0.4) is 0 Å². The lowest BCUT2D eigenvalue weighted by atomic mass is 10.2. The Balaban J connectivity index is 3.12. The third-order valence-corrected chi connectivity index (χ3v) is 2.11. The van der Waals surface area contributed by atoms with Gasteiger partial charge in [0, 0.05) is 18.2 Å². The van der Waals surface area contributed by atoms with Crippen LogP contribution in [0.5, 0.6) is 0 Å². The summed E-state index contributed by atoms with van der Waals surface area (Å²) in [4.78, 5) is 21.6. The van der Waals surface area contributed by atoms with Crippen molar-refractivity contribution in [2.24, 2.45) is 5.73 Å². The maximum atomic E-state index is 11.4. The van der Waals surface area contributed by atoms with Crippen LogP contribution in [0.2, 0.25) is 0 Å². The van der Waals surface area contributed by atoms with Gasteiger partial charge in [-0.2, -0.15) is 0 Å². The van der Waals surface area contributed by atoms with E-state index in [2.05, 4.69) is 0 Å². The number of nitrogens with zero attached hydrogens (tertiary/aromatic N) is 2. The number of hydrogen-bond donors (Lipinski definition) is 1. The van der Waals surface area contributed by atoms with E-state index in [1.807, 2.05) is 0 Å². The summed E-state index contributed by atoms with van der Waals surface area (Å²) in [5.41, 5.74) is 5.42. The molecular formula is C9H13N3O3. The van der Waals surface area contributed by atoms with Crippen molar-refractivity contribution in [3.63, 3.8) is 0 Å². The van der Waals surface area contributed by atoms with E-state index in [4.69, 9.17) is 5.73 Å². The second kappa shape index (κ2) is 4.70. The molecule has 0 radical (unpaired) electrons. The van der Waals surface area contributed by atoms with Gasteiger partial charge in [0.05, 0.1) is 11.1 Å². The summed E-state index contributed by atoms with van der Waals surface area (Å²) in [6.07, 6.45) is 1.90. The van der Waals surface area contributed by atoms with Crippen LogP contribution in [0.25, 0.3) is 0 Å². The minimum Gasteiger partial charge on any atom is -0.330 e. The Labute approximate surface area is 86.5 Å². The van der Waals surface area contributed by atoms with Crippen molar-refractivity contribution in [1.82, 2.24) is 4.57 Å². The van der Waals surface area contributed by atoms with Crippen LogP contribution in [0.1, 0.15) is 12.0 Å². The summed E-state index contributed by atoms with van der Waals surface area (Å²) in [5, 5.41) is 10.6. The first-order chi connectivity index (χ1) is 7.06. The van der Waals surface area contributed by atoms with Crippen molar-refractivity contribution < 1.29 is 4.92 Å². The average molecular weight is 211 g/mol. The van der Waals surface area contributed by atoms with Gasteiger partial charge >= 0.3 is 0 Å². The van der Waals surface area contributed by atoms with Crippen molar-refractivity contribution in [1.29, 1.82) is 0 Å². The quantitative estimate of drug-likeness (QED) is 0.577. The molecule has 82 valence electrons. The van der Waals surface area contributed by atoms with Gasteiger partial charge in [-0.3, -0.25) is 14.9 Å². The molecule has 0 atom stereocenters. The lowest BCUT2D eigenvalue weighted by molar-refractivity contribution is -0.385. The molecule has 1 heterocycles. The van der Waals surface area contributed by atoms with Crippen LogP contribution in [-0.4, -0.2) is 16.0 Å². The lowest BCUT2D eigenvalue weighted by Crippen LogP contribution is -2.21. The van der Waals surface area contributed by atoms with E-state index in [-0.39, 0.29) is 11.2 Å². The molecule has 0 spiro atoms. The van der Waals surface area contributed by atoms with Crippen LogP contribution >= 0.6 is 0 Å². The number of aryl methyl sites for hydroxylation is 2. The Morgan fingerprint density at radius 1 is 1.60 bits per heavy atom. The Bertz CT molecular complexity index is 425. The molecule has 0 bridgehead atoms. The molecule has 1 rings (SSSR count). The molecule has 2 N–H and O–H groups in total. The van der Waals surface area contributed by atoms with Gasteiger partial charge in [0.15, 0.2) is 0 Å². The van der Waals surface area contributed by atoms with Gasteiger partial charge in [-0.25, -0.2) is 0 Å². The van der Waals surface area contributed by atoms with Gasteiger partial charge < -0.3 is 10.3 Å². The molecular weight excluding hydrogens is 198 g/mol. The summed E-state index contributed by atoms with van der Waals surface area (Å²) in [6.45, 7) is 2.41. The zero-order valence-corrected chi connectivity index (χ0v) is 8.47. The third-order valence-electron chi connectivity index (χ3n) is 2.11. The highest BCUT2D eigenvalue weighted by Crippen LogP contribution is 2.13. The highest BCUT2D eigenvalue weighted by Gasteiger charge is 2.12. The highest BCUT2D eigenvalue weighted by molar-refractivity contribution is 5.35. The largest absolute Gasteiger partial charge is 0.330 e.